The Labute approximate surface area is 115 Å². The fraction of sp³-hybridized carbons (Fsp3) is 0.462. The van der Waals surface area contributed by atoms with Crippen molar-refractivity contribution in [2.45, 2.75) is 31.9 Å². The fourth-order valence-corrected chi connectivity index (χ4v) is 2.08. The molecule has 0 radical (unpaired) electrons. The zero-order valence-electron chi connectivity index (χ0n) is 10.3. The van der Waals surface area contributed by atoms with Crippen molar-refractivity contribution in [3.8, 4) is 5.75 Å². The highest BCUT2D eigenvalue weighted by molar-refractivity contribution is 9.10. The average Bonchev–Trinajstić information content (AvgIpc) is 2.76. The van der Waals surface area contributed by atoms with Gasteiger partial charge in [0.2, 0.25) is 0 Å². The van der Waals surface area contributed by atoms with E-state index in [1.165, 1.54) is 0 Å². The molecule has 98 valence electrons. The minimum Gasteiger partial charge on any atom is -0.491 e. The molecule has 0 saturated heterocycles. The van der Waals surface area contributed by atoms with E-state index in [1.54, 1.807) is 0 Å². The number of halogens is 1. The van der Waals surface area contributed by atoms with Gasteiger partial charge in [0.25, 0.3) is 6.02 Å². The quantitative estimate of drug-likeness (QED) is 0.909. The summed E-state index contributed by atoms with van der Waals surface area (Å²) in [5.41, 5.74) is 5.46. The van der Waals surface area contributed by atoms with Gasteiger partial charge in [0.05, 0.1) is 12.1 Å². The molecule has 1 aliphatic heterocycles. The third kappa shape index (κ3) is 3.91. The molecule has 1 heterocycles. The molecule has 5 heteroatoms. The summed E-state index contributed by atoms with van der Waals surface area (Å²) in [5, 5.41) is 0. The van der Waals surface area contributed by atoms with Crippen molar-refractivity contribution in [2.24, 2.45) is 10.7 Å². The molecule has 0 unspecified atom stereocenters. The number of amidine groups is 1. The Hall–Kier alpha value is -1.23. The number of hydrogen-bond acceptors (Lipinski definition) is 4. The van der Waals surface area contributed by atoms with Crippen molar-refractivity contribution in [1.29, 1.82) is 0 Å². The highest BCUT2D eigenvalue weighted by atomic mass is 79.9. The zero-order valence-corrected chi connectivity index (χ0v) is 11.9. The van der Waals surface area contributed by atoms with Crippen molar-refractivity contribution in [2.75, 3.05) is 6.61 Å². The lowest BCUT2D eigenvalue weighted by molar-refractivity contribution is 0.200. The SMILES string of the molecule is C[C@H](CC[C@H]1COC(N)=N1)Oc1ccc(Br)cc1. The van der Waals surface area contributed by atoms with Crippen LogP contribution in [0.4, 0.5) is 0 Å². The predicted molar refractivity (Wildman–Crippen MR) is 74.8 cm³/mol. The van der Waals surface area contributed by atoms with E-state index >= 15 is 0 Å². The number of ether oxygens (including phenoxy) is 2. The van der Waals surface area contributed by atoms with Crippen LogP contribution in [0.15, 0.2) is 33.7 Å². The summed E-state index contributed by atoms with van der Waals surface area (Å²) in [4.78, 5) is 4.19. The van der Waals surface area contributed by atoms with Gasteiger partial charge in [-0.3, -0.25) is 0 Å². The number of hydrogen-bond donors (Lipinski definition) is 1. The normalized spacial score (nSPS) is 20.1. The third-order valence-electron chi connectivity index (χ3n) is 2.79. The van der Waals surface area contributed by atoms with Gasteiger partial charge in [-0.2, -0.15) is 0 Å². The Bertz CT molecular complexity index is 420. The maximum Gasteiger partial charge on any atom is 0.282 e. The Morgan fingerprint density at radius 1 is 1.50 bits per heavy atom. The Morgan fingerprint density at radius 3 is 2.83 bits per heavy atom. The van der Waals surface area contributed by atoms with Gasteiger partial charge in [0.15, 0.2) is 0 Å². The average molecular weight is 313 g/mol. The summed E-state index contributed by atoms with van der Waals surface area (Å²) in [6, 6.07) is 8.34. The first-order valence-electron chi connectivity index (χ1n) is 6.02. The van der Waals surface area contributed by atoms with E-state index in [-0.39, 0.29) is 12.1 Å². The van der Waals surface area contributed by atoms with Crippen LogP contribution in [0.5, 0.6) is 5.75 Å². The van der Waals surface area contributed by atoms with Crippen molar-refractivity contribution in [3.05, 3.63) is 28.7 Å². The van der Waals surface area contributed by atoms with Gasteiger partial charge in [-0.15, -0.1) is 0 Å². The molecule has 1 aliphatic rings. The lowest BCUT2D eigenvalue weighted by Gasteiger charge is -2.15. The third-order valence-corrected chi connectivity index (χ3v) is 3.32. The fourth-order valence-electron chi connectivity index (χ4n) is 1.82. The number of benzene rings is 1. The molecule has 1 aromatic rings. The second-order valence-corrected chi connectivity index (χ2v) is 5.31. The summed E-state index contributed by atoms with van der Waals surface area (Å²) >= 11 is 3.40. The van der Waals surface area contributed by atoms with Gasteiger partial charge in [0.1, 0.15) is 12.4 Å². The molecule has 0 aromatic heterocycles. The van der Waals surface area contributed by atoms with E-state index in [4.69, 9.17) is 15.2 Å². The molecule has 0 bridgehead atoms. The first kappa shape index (κ1) is 13.2. The summed E-state index contributed by atoms with van der Waals surface area (Å²) in [6.07, 6.45) is 2.02. The van der Waals surface area contributed by atoms with Crippen LogP contribution < -0.4 is 10.5 Å². The molecular formula is C13H17BrN2O2. The molecule has 4 nitrogen and oxygen atoms in total. The van der Waals surface area contributed by atoms with Crippen LogP contribution in [0, 0.1) is 0 Å². The minimum absolute atomic E-state index is 0.156. The summed E-state index contributed by atoms with van der Waals surface area (Å²) in [6.45, 7) is 2.65. The predicted octanol–water partition coefficient (Wildman–Crippen LogP) is 2.71. The zero-order chi connectivity index (χ0) is 13.0. The molecule has 1 aromatic carbocycles. The first-order chi connectivity index (χ1) is 8.63. The van der Waals surface area contributed by atoms with Crippen molar-refractivity contribution < 1.29 is 9.47 Å². The number of aliphatic imine (C=N–C) groups is 1. The highest BCUT2D eigenvalue weighted by Gasteiger charge is 2.17. The van der Waals surface area contributed by atoms with Gasteiger partial charge in [-0.1, -0.05) is 15.9 Å². The van der Waals surface area contributed by atoms with Gasteiger partial charge in [0, 0.05) is 4.47 Å². The highest BCUT2D eigenvalue weighted by Crippen LogP contribution is 2.19. The van der Waals surface area contributed by atoms with E-state index < -0.39 is 0 Å². The lowest BCUT2D eigenvalue weighted by atomic mass is 10.1. The minimum atomic E-state index is 0.156. The van der Waals surface area contributed by atoms with Crippen LogP contribution in [0.1, 0.15) is 19.8 Å². The van der Waals surface area contributed by atoms with E-state index in [0.29, 0.717) is 12.6 Å². The van der Waals surface area contributed by atoms with Crippen molar-refractivity contribution in [1.82, 2.24) is 0 Å². The Balaban J connectivity index is 1.75. The Kier molecular flexibility index (Phi) is 4.47. The summed E-state index contributed by atoms with van der Waals surface area (Å²) in [7, 11) is 0. The topological polar surface area (TPSA) is 56.8 Å². The number of nitrogens with two attached hydrogens (primary N) is 1. The summed E-state index contributed by atoms with van der Waals surface area (Å²) in [5.74, 6) is 0.886. The van der Waals surface area contributed by atoms with Gasteiger partial charge < -0.3 is 15.2 Å². The van der Waals surface area contributed by atoms with Gasteiger partial charge >= 0.3 is 0 Å². The first-order valence-corrected chi connectivity index (χ1v) is 6.81. The maximum atomic E-state index is 5.81. The van der Waals surface area contributed by atoms with Crippen LogP contribution in [-0.2, 0) is 4.74 Å². The Morgan fingerprint density at radius 2 is 2.22 bits per heavy atom. The monoisotopic (exact) mass is 312 g/mol. The molecule has 2 atom stereocenters. The molecular weight excluding hydrogens is 296 g/mol. The van der Waals surface area contributed by atoms with Crippen LogP contribution in [0.25, 0.3) is 0 Å². The molecule has 0 fully saturated rings. The summed E-state index contributed by atoms with van der Waals surface area (Å²) < 4.78 is 12.0. The second-order valence-electron chi connectivity index (χ2n) is 4.39. The van der Waals surface area contributed by atoms with Crippen molar-refractivity contribution in [3.63, 3.8) is 0 Å². The van der Waals surface area contributed by atoms with Crippen LogP contribution in [0.3, 0.4) is 0 Å². The van der Waals surface area contributed by atoms with E-state index in [2.05, 4.69) is 27.8 Å². The largest absolute Gasteiger partial charge is 0.491 e. The molecule has 18 heavy (non-hydrogen) atoms. The lowest BCUT2D eigenvalue weighted by Crippen LogP contribution is -2.16. The maximum absolute atomic E-state index is 5.81. The van der Waals surface area contributed by atoms with Crippen molar-refractivity contribution >= 4 is 22.0 Å². The number of rotatable bonds is 5. The second kappa shape index (κ2) is 6.09. The molecule has 0 spiro atoms. The molecule has 2 rings (SSSR count). The van der Waals surface area contributed by atoms with Crippen LogP contribution >= 0.6 is 15.9 Å². The molecule has 2 N–H and O–H groups in total. The van der Waals surface area contributed by atoms with Crippen LogP contribution in [0.2, 0.25) is 0 Å². The molecule has 0 saturated carbocycles. The molecule has 0 amide bonds. The standard InChI is InChI=1S/C13H17BrN2O2/c1-9(2-5-11-8-17-13(15)16-11)18-12-6-3-10(14)4-7-12/h3-4,6-7,9,11H,2,5,8H2,1H3,(H2,15,16)/t9-,11+/m1/s1. The van der Waals surface area contributed by atoms with E-state index in [0.717, 1.165) is 23.1 Å². The molecule has 0 aliphatic carbocycles. The van der Waals surface area contributed by atoms with E-state index in [9.17, 15) is 0 Å². The van der Waals surface area contributed by atoms with Gasteiger partial charge in [-0.05, 0) is 44.0 Å². The smallest absolute Gasteiger partial charge is 0.282 e. The van der Waals surface area contributed by atoms with Crippen LogP contribution in [-0.4, -0.2) is 24.8 Å². The van der Waals surface area contributed by atoms with E-state index in [1.807, 2.05) is 24.3 Å². The van der Waals surface area contributed by atoms with Gasteiger partial charge in [-0.25, -0.2) is 4.99 Å². The number of nitrogens with zero attached hydrogens (tertiary/aromatic N) is 1.